The minimum atomic E-state index is 0.195. The van der Waals surface area contributed by atoms with Crippen molar-refractivity contribution in [3.63, 3.8) is 0 Å². The normalized spacial score (nSPS) is 18.2. The second-order valence-electron chi connectivity index (χ2n) is 5.03. The largest absolute Gasteiger partial charge is 0.496 e. The minimum absolute atomic E-state index is 0.195. The van der Waals surface area contributed by atoms with E-state index in [-0.39, 0.29) is 5.92 Å². The van der Waals surface area contributed by atoms with Crippen LogP contribution in [-0.4, -0.2) is 36.1 Å². The molecule has 1 heterocycles. The van der Waals surface area contributed by atoms with Gasteiger partial charge in [-0.2, -0.15) is 0 Å². The molecule has 3 N–H and O–H groups in total. The summed E-state index contributed by atoms with van der Waals surface area (Å²) in [6.45, 7) is 2.73. The summed E-state index contributed by atoms with van der Waals surface area (Å²) in [4.78, 5) is 2.37. The monoisotopic (exact) mass is 341 g/mol. The first kappa shape index (κ1) is 15.1. The molecule has 0 aromatic heterocycles. The van der Waals surface area contributed by atoms with Gasteiger partial charge in [0.05, 0.1) is 7.11 Å². The van der Waals surface area contributed by atoms with E-state index in [1.807, 2.05) is 12.1 Å². The molecule has 20 heavy (non-hydrogen) atoms. The Morgan fingerprint density at radius 3 is 2.80 bits per heavy atom. The number of ether oxygens (including phenoxy) is 1. The maximum absolute atomic E-state index is 8.71. The number of oxime groups is 1. The number of rotatable bonds is 4. The van der Waals surface area contributed by atoms with E-state index < -0.39 is 0 Å². The molecular formula is C14H20BrN3O2. The van der Waals surface area contributed by atoms with Crippen LogP contribution >= 0.6 is 15.9 Å². The minimum Gasteiger partial charge on any atom is -0.496 e. The van der Waals surface area contributed by atoms with Crippen LogP contribution in [0, 0.1) is 5.92 Å². The first-order chi connectivity index (χ1) is 9.63. The van der Waals surface area contributed by atoms with Gasteiger partial charge in [-0.15, -0.1) is 0 Å². The summed E-state index contributed by atoms with van der Waals surface area (Å²) in [5.41, 5.74) is 6.84. The van der Waals surface area contributed by atoms with Crippen LogP contribution in [0.3, 0.4) is 0 Å². The number of nitrogens with two attached hydrogens (primary N) is 1. The Labute approximate surface area is 127 Å². The zero-order valence-corrected chi connectivity index (χ0v) is 13.1. The zero-order chi connectivity index (χ0) is 14.5. The van der Waals surface area contributed by atoms with Crippen LogP contribution < -0.4 is 10.5 Å². The number of amidine groups is 1. The Morgan fingerprint density at radius 1 is 1.50 bits per heavy atom. The van der Waals surface area contributed by atoms with Gasteiger partial charge in [0.15, 0.2) is 0 Å². The Bertz CT molecular complexity index is 485. The van der Waals surface area contributed by atoms with Crippen LogP contribution in [0.15, 0.2) is 27.8 Å². The van der Waals surface area contributed by atoms with Gasteiger partial charge in [-0.25, -0.2) is 0 Å². The van der Waals surface area contributed by atoms with Gasteiger partial charge in [0.25, 0.3) is 0 Å². The Kier molecular flexibility index (Phi) is 5.25. The summed E-state index contributed by atoms with van der Waals surface area (Å²) in [6, 6.07) is 6.05. The van der Waals surface area contributed by atoms with E-state index in [0.717, 1.165) is 42.7 Å². The van der Waals surface area contributed by atoms with Crippen LogP contribution in [0.1, 0.15) is 18.4 Å². The highest BCUT2D eigenvalue weighted by Gasteiger charge is 2.23. The molecule has 0 bridgehead atoms. The van der Waals surface area contributed by atoms with E-state index >= 15 is 0 Å². The van der Waals surface area contributed by atoms with Crippen LogP contribution in [0.2, 0.25) is 0 Å². The summed E-state index contributed by atoms with van der Waals surface area (Å²) in [7, 11) is 1.69. The van der Waals surface area contributed by atoms with E-state index in [0.29, 0.717) is 5.84 Å². The molecule has 110 valence electrons. The van der Waals surface area contributed by atoms with Crippen LogP contribution in [-0.2, 0) is 6.54 Å². The van der Waals surface area contributed by atoms with Gasteiger partial charge in [-0.05, 0) is 44.1 Å². The molecule has 0 radical (unpaired) electrons. The molecule has 0 atom stereocenters. The van der Waals surface area contributed by atoms with Gasteiger partial charge in [-0.1, -0.05) is 21.1 Å². The first-order valence-electron chi connectivity index (χ1n) is 6.66. The predicted molar refractivity (Wildman–Crippen MR) is 82.1 cm³/mol. The van der Waals surface area contributed by atoms with Crippen molar-refractivity contribution in [3.8, 4) is 5.75 Å². The second kappa shape index (κ2) is 6.95. The number of likely N-dealkylation sites (tertiary alicyclic amines) is 1. The third-order valence-electron chi connectivity index (χ3n) is 3.76. The molecule has 5 nitrogen and oxygen atoms in total. The molecule has 0 unspecified atom stereocenters. The van der Waals surface area contributed by atoms with Crippen molar-refractivity contribution in [1.82, 2.24) is 4.90 Å². The molecule has 1 aromatic carbocycles. The van der Waals surface area contributed by atoms with E-state index in [1.165, 1.54) is 5.56 Å². The van der Waals surface area contributed by atoms with Gasteiger partial charge in [0.1, 0.15) is 11.6 Å². The first-order valence-corrected chi connectivity index (χ1v) is 7.45. The van der Waals surface area contributed by atoms with Gasteiger partial charge >= 0.3 is 0 Å². The lowest BCUT2D eigenvalue weighted by Gasteiger charge is -2.31. The number of halogens is 1. The van der Waals surface area contributed by atoms with Crippen molar-refractivity contribution >= 4 is 21.8 Å². The molecule has 1 fully saturated rings. The van der Waals surface area contributed by atoms with Crippen LogP contribution in [0.5, 0.6) is 5.75 Å². The fourth-order valence-electron chi connectivity index (χ4n) is 2.58. The van der Waals surface area contributed by atoms with E-state index in [2.05, 4.69) is 32.1 Å². The number of hydrogen-bond acceptors (Lipinski definition) is 4. The Morgan fingerprint density at radius 2 is 2.20 bits per heavy atom. The van der Waals surface area contributed by atoms with E-state index in [1.54, 1.807) is 7.11 Å². The average molecular weight is 342 g/mol. The quantitative estimate of drug-likeness (QED) is 0.382. The van der Waals surface area contributed by atoms with Crippen LogP contribution in [0.25, 0.3) is 0 Å². The summed E-state index contributed by atoms with van der Waals surface area (Å²) in [5, 5.41) is 11.8. The highest BCUT2D eigenvalue weighted by Crippen LogP contribution is 2.26. The lowest BCUT2D eigenvalue weighted by Crippen LogP contribution is -2.38. The molecule has 1 aromatic rings. The van der Waals surface area contributed by atoms with Crippen molar-refractivity contribution in [2.24, 2.45) is 16.8 Å². The molecule has 0 aliphatic carbocycles. The molecule has 1 aliphatic heterocycles. The topological polar surface area (TPSA) is 71.1 Å². The number of benzene rings is 1. The summed E-state index contributed by atoms with van der Waals surface area (Å²) < 4.78 is 6.45. The fourth-order valence-corrected chi connectivity index (χ4v) is 2.99. The maximum Gasteiger partial charge on any atom is 0.142 e. The average Bonchev–Trinajstić information content (AvgIpc) is 2.47. The van der Waals surface area contributed by atoms with Crippen molar-refractivity contribution in [2.45, 2.75) is 19.4 Å². The highest BCUT2D eigenvalue weighted by atomic mass is 79.9. The highest BCUT2D eigenvalue weighted by molar-refractivity contribution is 9.10. The van der Waals surface area contributed by atoms with Crippen molar-refractivity contribution in [2.75, 3.05) is 20.2 Å². The molecule has 0 amide bonds. The molecular weight excluding hydrogens is 322 g/mol. The Hall–Kier alpha value is -1.27. The molecule has 6 heteroatoms. The third kappa shape index (κ3) is 3.64. The zero-order valence-electron chi connectivity index (χ0n) is 11.6. The lowest BCUT2D eigenvalue weighted by molar-refractivity contribution is 0.196. The summed E-state index contributed by atoms with van der Waals surface area (Å²) >= 11 is 3.49. The number of methoxy groups -OCH3 is 1. The summed E-state index contributed by atoms with van der Waals surface area (Å²) in [5.74, 6) is 1.46. The van der Waals surface area contributed by atoms with E-state index in [4.69, 9.17) is 15.7 Å². The number of hydrogen-bond donors (Lipinski definition) is 2. The van der Waals surface area contributed by atoms with Gasteiger partial charge in [0, 0.05) is 22.5 Å². The van der Waals surface area contributed by atoms with Gasteiger partial charge in [-0.3, -0.25) is 4.90 Å². The van der Waals surface area contributed by atoms with Crippen molar-refractivity contribution in [3.05, 3.63) is 28.2 Å². The lowest BCUT2D eigenvalue weighted by atomic mass is 9.95. The maximum atomic E-state index is 8.71. The van der Waals surface area contributed by atoms with Crippen molar-refractivity contribution < 1.29 is 9.94 Å². The Balaban J connectivity index is 1.97. The van der Waals surface area contributed by atoms with Crippen LogP contribution in [0.4, 0.5) is 0 Å². The number of nitrogens with zero attached hydrogens (tertiary/aromatic N) is 2. The molecule has 0 spiro atoms. The van der Waals surface area contributed by atoms with Crippen molar-refractivity contribution in [1.29, 1.82) is 0 Å². The second-order valence-corrected chi connectivity index (χ2v) is 5.95. The fraction of sp³-hybridized carbons (Fsp3) is 0.500. The molecule has 1 saturated heterocycles. The predicted octanol–water partition coefficient (Wildman–Crippen LogP) is 2.42. The van der Waals surface area contributed by atoms with Gasteiger partial charge < -0.3 is 15.7 Å². The standard InChI is InChI=1S/C14H20BrN3O2/c1-20-13-3-2-12(15)8-11(13)9-18-6-4-10(5-7-18)14(16)17-19/h2-3,8,10,19H,4-7,9H2,1H3,(H2,16,17). The molecule has 0 saturated carbocycles. The SMILES string of the molecule is COc1ccc(Br)cc1CN1CCC(C(N)=NO)CC1. The smallest absolute Gasteiger partial charge is 0.142 e. The van der Waals surface area contributed by atoms with E-state index in [9.17, 15) is 0 Å². The number of piperidine rings is 1. The summed E-state index contributed by atoms with van der Waals surface area (Å²) in [6.07, 6.45) is 1.85. The van der Waals surface area contributed by atoms with Gasteiger partial charge in [0.2, 0.25) is 0 Å². The molecule has 1 aliphatic rings. The third-order valence-corrected chi connectivity index (χ3v) is 4.25. The molecule has 2 rings (SSSR count).